The SMILES string of the molecule is C#C[C@]1(CO)O[C@@H](n2cnc3c(N)nc(F)nc32)C[C@@H]1OC(=O)NCC(=O)OCCCCC. The van der Waals surface area contributed by atoms with Crippen LogP contribution >= 0.6 is 0 Å². The first kappa shape index (κ1) is 24.1. The number of alkyl carbamates (subject to hydrolysis) is 1. The van der Waals surface area contributed by atoms with Crippen molar-refractivity contribution in [2.75, 3.05) is 25.5 Å². The lowest BCUT2D eigenvalue weighted by Crippen LogP contribution is -2.46. The molecule has 0 radical (unpaired) electrons. The molecule has 0 aromatic carbocycles. The third-order valence-electron chi connectivity index (χ3n) is 5.13. The molecule has 0 saturated carbocycles. The van der Waals surface area contributed by atoms with Gasteiger partial charge in [0.05, 0.1) is 19.5 Å². The monoisotopic (exact) mass is 464 g/mol. The lowest BCUT2D eigenvalue weighted by molar-refractivity contribution is -0.142. The van der Waals surface area contributed by atoms with Crippen LogP contribution in [0.5, 0.6) is 0 Å². The molecule has 0 unspecified atom stereocenters. The summed E-state index contributed by atoms with van der Waals surface area (Å²) in [4.78, 5) is 35.1. The van der Waals surface area contributed by atoms with Gasteiger partial charge in [0.2, 0.25) is 0 Å². The number of nitrogens with one attached hydrogen (secondary N) is 1. The summed E-state index contributed by atoms with van der Waals surface area (Å²) in [6, 6.07) is 0. The van der Waals surface area contributed by atoms with E-state index in [1.54, 1.807) is 0 Å². The van der Waals surface area contributed by atoms with Crippen molar-refractivity contribution in [3.63, 3.8) is 0 Å². The zero-order valence-electron chi connectivity index (χ0n) is 18.0. The highest BCUT2D eigenvalue weighted by atomic mass is 19.1. The van der Waals surface area contributed by atoms with Gasteiger partial charge in [0, 0.05) is 6.42 Å². The molecule has 0 bridgehead atoms. The Balaban J connectivity index is 1.67. The number of imidazole rings is 1. The second-order valence-corrected chi connectivity index (χ2v) is 7.38. The second kappa shape index (κ2) is 10.4. The molecule has 1 saturated heterocycles. The molecule has 178 valence electrons. The van der Waals surface area contributed by atoms with Gasteiger partial charge in [0.15, 0.2) is 28.7 Å². The van der Waals surface area contributed by atoms with Crippen LogP contribution in [0.4, 0.5) is 15.0 Å². The molecule has 13 heteroatoms. The number of esters is 1. The molecule has 2 aromatic heterocycles. The Hall–Kier alpha value is -3.50. The van der Waals surface area contributed by atoms with Crippen LogP contribution < -0.4 is 11.1 Å². The van der Waals surface area contributed by atoms with Gasteiger partial charge < -0.3 is 30.4 Å². The Labute approximate surface area is 188 Å². The number of hydrogen-bond acceptors (Lipinski definition) is 10. The first-order chi connectivity index (χ1) is 15.8. The zero-order chi connectivity index (χ0) is 24.0. The van der Waals surface area contributed by atoms with Crippen molar-refractivity contribution in [1.82, 2.24) is 24.8 Å². The fraction of sp³-hybridized carbons (Fsp3) is 0.550. The zero-order valence-corrected chi connectivity index (χ0v) is 18.0. The van der Waals surface area contributed by atoms with Gasteiger partial charge in [0.1, 0.15) is 12.8 Å². The van der Waals surface area contributed by atoms with E-state index in [0.717, 1.165) is 19.3 Å². The summed E-state index contributed by atoms with van der Waals surface area (Å²) >= 11 is 0. The molecule has 0 spiro atoms. The van der Waals surface area contributed by atoms with Gasteiger partial charge in [-0.2, -0.15) is 14.4 Å². The number of hydrogen-bond donors (Lipinski definition) is 3. The largest absolute Gasteiger partial charge is 0.464 e. The first-order valence-corrected chi connectivity index (χ1v) is 10.4. The highest BCUT2D eigenvalue weighted by molar-refractivity contribution is 5.81. The summed E-state index contributed by atoms with van der Waals surface area (Å²) in [7, 11) is 0. The molecule has 1 amide bonds. The molecule has 4 N–H and O–H groups in total. The molecule has 0 aliphatic carbocycles. The maximum atomic E-state index is 13.7. The molecular formula is C20H25FN6O6. The number of ether oxygens (including phenoxy) is 3. The van der Waals surface area contributed by atoms with Crippen LogP contribution in [0.2, 0.25) is 0 Å². The van der Waals surface area contributed by atoms with E-state index in [1.165, 1.54) is 10.9 Å². The van der Waals surface area contributed by atoms with Crippen LogP contribution in [-0.4, -0.2) is 68.2 Å². The molecule has 3 atom stereocenters. The molecule has 12 nitrogen and oxygen atoms in total. The highest BCUT2D eigenvalue weighted by Crippen LogP contribution is 2.39. The Morgan fingerprint density at radius 1 is 1.48 bits per heavy atom. The number of rotatable bonds is 9. The van der Waals surface area contributed by atoms with E-state index >= 15 is 0 Å². The van der Waals surface area contributed by atoms with Gasteiger partial charge in [-0.15, -0.1) is 6.42 Å². The van der Waals surface area contributed by atoms with Crippen LogP contribution in [0, 0.1) is 18.4 Å². The molecule has 33 heavy (non-hydrogen) atoms. The second-order valence-electron chi connectivity index (χ2n) is 7.38. The Bertz CT molecular complexity index is 1060. The standard InChI is InChI=1S/C20H25FN6O6/c1-3-5-6-7-31-14(29)9-23-19(30)32-12-8-13(33-20(12,4-2)10-28)27-11-24-15-16(22)25-18(21)26-17(15)27/h2,11-13,28H,3,5-10H2,1H3,(H,23,30)(H2,22,25,26)/t12-,13+,20+/m0/s1. The van der Waals surface area contributed by atoms with Crippen molar-refractivity contribution in [3.8, 4) is 12.3 Å². The van der Waals surface area contributed by atoms with Crippen molar-refractivity contribution in [1.29, 1.82) is 0 Å². The van der Waals surface area contributed by atoms with E-state index in [-0.39, 0.29) is 30.0 Å². The normalized spacial score (nSPS) is 22.1. The molecule has 3 rings (SSSR count). The van der Waals surface area contributed by atoms with E-state index < -0.39 is 49.2 Å². The predicted molar refractivity (Wildman–Crippen MR) is 112 cm³/mol. The number of halogens is 1. The molecule has 1 aliphatic rings. The van der Waals surface area contributed by atoms with Gasteiger partial charge in [-0.3, -0.25) is 9.36 Å². The van der Waals surface area contributed by atoms with E-state index in [4.69, 9.17) is 26.4 Å². The number of amides is 1. The average Bonchev–Trinajstić information content (AvgIpc) is 3.37. The molecular weight excluding hydrogens is 439 g/mol. The number of carbonyl (C=O) groups is 2. The van der Waals surface area contributed by atoms with Gasteiger partial charge in [-0.25, -0.2) is 9.78 Å². The minimum atomic E-state index is -1.68. The lowest BCUT2D eigenvalue weighted by atomic mass is 9.99. The van der Waals surface area contributed by atoms with E-state index in [9.17, 15) is 19.1 Å². The quantitative estimate of drug-likeness (QED) is 0.208. The summed E-state index contributed by atoms with van der Waals surface area (Å²) in [5, 5.41) is 12.2. The first-order valence-electron chi connectivity index (χ1n) is 10.4. The van der Waals surface area contributed by atoms with Crippen molar-refractivity contribution in [2.24, 2.45) is 0 Å². The Morgan fingerprint density at radius 3 is 2.97 bits per heavy atom. The molecule has 2 aromatic rings. The van der Waals surface area contributed by atoms with Gasteiger partial charge in [0.25, 0.3) is 0 Å². The topological polar surface area (TPSA) is 164 Å². The number of anilines is 1. The van der Waals surface area contributed by atoms with Crippen LogP contribution in [0.1, 0.15) is 38.8 Å². The number of nitrogen functional groups attached to an aromatic ring is 1. The van der Waals surface area contributed by atoms with Crippen LogP contribution in [-0.2, 0) is 19.0 Å². The number of nitrogens with two attached hydrogens (primary N) is 1. The number of aromatic nitrogens is 4. The minimum Gasteiger partial charge on any atom is -0.464 e. The van der Waals surface area contributed by atoms with Gasteiger partial charge in [-0.05, 0) is 6.42 Å². The number of nitrogens with zero attached hydrogens (tertiary/aromatic N) is 4. The number of aliphatic hydroxyl groups is 1. The fourth-order valence-electron chi connectivity index (χ4n) is 3.39. The van der Waals surface area contributed by atoms with Crippen molar-refractivity contribution in [2.45, 2.75) is 50.5 Å². The third kappa shape index (κ3) is 5.29. The summed E-state index contributed by atoms with van der Waals surface area (Å²) in [6.07, 6.45) is 5.49. The van der Waals surface area contributed by atoms with E-state index in [2.05, 4.69) is 26.2 Å². The Morgan fingerprint density at radius 2 is 2.27 bits per heavy atom. The van der Waals surface area contributed by atoms with Gasteiger partial charge in [-0.1, -0.05) is 25.7 Å². The fourth-order valence-corrected chi connectivity index (χ4v) is 3.39. The Kier molecular flexibility index (Phi) is 7.62. The highest BCUT2D eigenvalue weighted by Gasteiger charge is 2.51. The number of terminal acetylenes is 1. The summed E-state index contributed by atoms with van der Waals surface area (Å²) in [5.41, 5.74) is 4.19. The van der Waals surface area contributed by atoms with Crippen LogP contribution in [0.15, 0.2) is 6.33 Å². The number of unbranched alkanes of at least 4 members (excludes halogenated alkanes) is 2. The summed E-state index contributed by atoms with van der Waals surface area (Å²) in [6.45, 7) is 1.22. The number of aliphatic hydroxyl groups excluding tert-OH is 1. The average molecular weight is 464 g/mol. The number of carbonyl (C=O) groups excluding carboxylic acids is 2. The molecule has 1 fully saturated rings. The molecule has 3 heterocycles. The van der Waals surface area contributed by atoms with Crippen molar-refractivity contribution in [3.05, 3.63) is 12.4 Å². The number of fused-ring (bicyclic) bond motifs is 1. The predicted octanol–water partition coefficient (Wildman–Crippen LogP) is 0.659. The summed E-state index contributed by atoms with van der Waals surface area (Å²) < 4.78 is 31.2. The third-order valence-corrected chi connectivity index (χ3v) is 5.13. The van der Waals surface area contributed by atoms with E-state index in [1.807, 2.05) is 6.92 Å². The van der Waals surface area contributed by atoms with Gasteiger partial charge >= 0.3 is 18.1 Å². The van der Waals surface area contributed by atoms with E-state index in [0.29, 0.717) is 0 Å². The maximum Gasteiger partial charge on any atom is 0.408 e. The smallest absolute Gasteiger partial charge is 0.408 e. The minimum absolute atomic E-state index is 0.0172. The van der Waals surface area contributed by atoms with Crippen molar-refractivity contribution >= 4 is 29.0 Å². The van der Waals surface area contributed by atoms with Crippen LogP contribution in [0.25, 0.3) is 11.2 Å². The van der Waals surface area contributed by atoms with Crippen LogP contribution in [0.3, 0.4) is 0 Å². The van der Waals surface area contributed by atoms with Crippen molar-refractivity contribution < 1.29 is 33.3 Å². The molecule has 1 aliphatic heterocycles. The lowest BCUT2D eigenvalue weighted by Gasteiger charge is -2.26. The maximum absolute atomic E-state index is 13.7. The summed E-state index contributed by atoms with van der Waals surface area (Å²) in [5.74, 6) is 1.54.